The molecule has 1 atom stereocenters. The monoisotopic (exact) mass is 311 g/mol. The van der Waals surface area contributed by atoms with Crippen LogP contribution in [0.2, 0.25) is 0 Å². The Labute approximate surface area is 123 Å². The second kappa shape index (κ2) is 5.27. The highest BCUT2D eigenvalue weighted by molar-refractivity contribution is 7.88. The number of nitrogens with zero attached hydrogens (tertiary/aromatic N) is 3. The van der Waals surface area contributed by atoms with E-state index in [0.29, 0.717) is 25.5 Å². The van der Waals surface area contributed by atoms with Crippen molar-refractivity contribution in [3.8, 4) is 0 Å². The maximum atomic E-state index is 11.8. The van der Waals surface area contributed by atoms with Crippen molar-refractivity contribution in [2.75, 3.05) is 30.9 Å². The molecular weight excluding hydrogens is 294 g/mol. The van der Waals surface area contributed by atoms with Crippen molar-refractivity contribution in [2.45, 2.75) is 18.9 Å². The third-order valence-corrected chi connectivity index (χ3v) is 5.11. The Morgan fingerprint density at radius 1 is 1.38 bits per heavy atom. The summed E-state index contributed by atoms with van der Waals surface area (Å²) in [7, 11) is -3.23. The predicted molar refractivity (Wildman–Crippen MR) is 76.5 cm³/mol. The number of hydrogen-bond donors (Lipinski definition) is 0. The van der Waals surface area contributed by atoms with Crippen LogP contribution >= 0.6 is 0 Å². The minimum Gasteiger partial charge on any atom is -0.447 e. The standard InChI is InChI=1S/C13H17N3O4S/c1-21(18,19)16-6-2-3-11(16)10-4-5-14-12(9-10)15-7-8-20-13(15)17/h4-5,9,11H,2-3,6-8H2,1H3/t11-/m1/s1. The largest absolute Gasteiger partial charge is 0.447 e. The van der Waals surface area contributed by atoms with Crippen LogP contribution in [0.15, 0.2) is 18.3 Å². The number of aromatic nitrogens is 1. The van der Waals surface area contributed by atoms with Gasteiger partial charge in [0, 0.05) is 18.8 Å². The van der Waals surface area contributed by atoms with Gasteiger partial charge in [-0.25, -0.2) is 18.2 Å². The Balaban J connectivity index is 1.91. The molecule has 3 heterocycles. The minimum absolute atomic E-state index is 0.180. The molecule has 1 aromatic heterocycles. The van der Waals surface area contributed by atoms with E-state index in [9.17, 15) is 13.2 Å². The first kappa shape index (κ1) is 14.3. The van der Waals surface area contributed by atoms with Gasteiger partial charge >= 0.3 is 6.09 Å². The summed E-state index contributed by atoms with van der Waals surface area (Å²) >= 11 is 0. The Morgan fingerprint density at radius 3 is 2.86 bits per heavy atom. The molecule has 0 N–H and O–H groups in total. The van der Waals surface area contributed by atoms with Gasteiger partial charge < -0.3 is 4.74 Å². The van der Waals surface area contributed by atoms with Crippen molar-refractivity contribution in [2.24, 2.45) is 0 Å². The molecular formula is C13H17N3O4S. The maximum absolute atomic E-state index is 11.8. The molecule has 0 saturated carbocycles. The van der Waals surface area contributed by atoms with Gasteiger partial charge in [-0.15, -0.1) is 0 Å². The van der Waals surface area contributed by atoms with Gasteiger partial charge in [0.15, 0.2) is 0 Å². The highest BCUT2D eigenvalue weighted by Gasteiger charge is 2.33. The molecule has 0 bridgehead atoms. The number of carbonyl (C=O) groups excluding carboxylic acids is 1. The zero-order valence-corrected chi connectivity index (χ0v) is 12.5. The summed E-state index contributed by atoms with van der Waals surface area (Å²) < 4.78 is 30.1. The van der Waals surface area contributed by atoms with Gasteiger partial charge in [0.25, 0.3) is 0 Å². The summed E-state index contributed by atoms with van der Waals surface area (Å²) in [5.41, 5.74) is 0.864. The Bertz CT molecular complexity index is 661. The zero-order valence-electron chi connectivity index (χ0n) is 11.7. The molecule has 0 aromatic carbocycles. The number of carbonyl (C=O) groups is 1. The summed E-state index contributed by atoms with van der Waals surface area (Å²) in [6, 6.07) is 3.40. The van der Waals surface area contributed by atoms with Gasteiger partial charge in [-0.1, -0.05) is 0 Å². The van der Waals surface area contributed by atoms with Crippen LogP contribution in [-0.2, 0) is 14.8 Å². The van der Waals surface area contributed by atoms with Crippen LogP contribution < -0.4 is 4.90 Å². The van der Waals surface area contributed by atoms with Gasteiger partial charge in [-0.05, 0) is 30.5 Å². The summed E-state index contributed by atoms with van der Waals surface area (Å²) in [5, 5.41) is 0. The van der Waals surface area contributed by atoms with E-state index in [0.717, 1.165) is 18.4 Å². The van der Waals surface area contributed by atoms with E-state index in [4.69, 9.17) is 4.74 Å². The average molecular weight is 311 g/mol. The molecule has 1 amide bonds. The third-order valence-electron chi connectivity index (χ3n) is 3.82. The van der Waals surface area contributed by atoms with Crippen LogP contribution in [0.5, 0.6) is 0 Å². The van der Waals surface area contributed by atoms with Crippen LogP contribution in [0.25, 0.3) is 0 Å². The van der Waals surface area contributed by atoms with E-state index >= 15 is 0 Å². The highest BCUT2D eigenvalue weighted by atomic mass is 32.2. The van der Waals surface area contributed by atoms with Crippen molar-refractivity contribution in [3.05, 3.63) is 23.9 Å². The molecule has 3 rings (SSSR count). The van der Waals surface area contributed by atoms with Crippen molar-refractivity contribution >= 4 is 21.9 Å². The van der Waals surface area contributed by atoms with E-state index < -0.39 is 16.1 Å². The van der Waals surface area contributed by atoms with Gasteiger partial charge in [-0.3, -0.25) is 4.90 Å². The number of sulfonamides is 1. The zero-order chi connectivity index (χ0) is 15.0. The number of anilines is 1. The van der Waals surface area contributed by atoms with Crippen molar-refractivity contribution in [1.82, 2.24) is 9.29 Å². The molecule has 0 spiro atoms. The lowest BCUT2D eigenvalue weighted by Crippen LogP contribution is -2.30. The van der Waals surface area contributed by atoms with Crippen LogP contribution in [0, 0.1) is 0 Å². The molecule has 0 radical (unpaired) electrons. The van der Waals surface area contributed by atoms with Crippen molar-refractivity contribution in [3.63, 3.8) is 0 Å². The van der Waals surface area contributed by atoms with Crippen LogP contribution in [0.3, 0.4) is 0 Å². The van der Waals surface area contributed by atoms with Gasteiger partial charge in [0.1, 0.15) is 12.4 Å². The first-order valence-corrected chi connectivity index (χ1v) is 8.69. The molecule has 1 aromatic rings. The number of ether oxygens (including phenoxy) is 1. The number of rotatable bonds is 3. The summed E-state index contributed by atoms with van der Waals surface area (Å²) in [5.74, 6) is 0.510. The fourth-order valence-corrected chi connectivity index (χ4v) is 4.01. The van der Waals surface area contributed by atoms with Crippen molar-refractivity contribution < 1.29 is 17.9 Å². The SMILES string of the molecule is CS(=O)(=O)N1CCC[C@@H]1c1ccnc(N2CCOC2=O)c1. The quantitative estimate of drug-likeness (QED) is 0.836. The fraction of sp³-hybridized carbons (Fsp3) is 0.538. The average Bonchev–Trinajstić information content (AvgIpc) is 3.06. The lowest BCUT2D eigenvalue weighted by atomic mass is 10.1. The maximum Gasteiger partial charge on any atom is 0.415 e. The molecule has 0 unspecified atom stereocenters. The van der Waals surface area contributed by atoms with E-state index in [1.165, 1.54) is 15.5 Å². The topological polar surface area (TPSA) is 79.8 Å². The molecule has 7 nitrogen and oxygen atoms in total. The molecule has 2 fully saturated rings. The minimum atomic E-state index is -3.23. The van der Waals surface area contributed by atoms with E-state index in [1.807, 2.05) is 0 Å². The van der Waals surface area contributed by atoms with Crippen LogP contribution in [-0.4, -0.2) is 49.8 Å². The second-order valence-electron chi connectivity index (χ2n) is 5.25. The number of pyridine rings is 1. The summed E-state index contributed by atoms with van der Waals surface area (Å²) in [4.78, 5) is 17.2. The molecule has 0 aliphatic carbocycles. The van der Waals surface area contributed by atoms with Gasteiger partial charge in [-0.2, -0.15) is 4.31 Å². The number of hydrogen-bond acceptors (Lipinski definition) is 5. The highest BCUT2D eigenvalue weighted by Crippen LogP contribution is 2.34. The Morgan fingerprint density at radius 2 is 2.19 bits per heavy atom. The molecule has 2 saturated heterocycles. The Hall–Kier alpha value is -1.67. The third kappa shape index (κ3) is 2.73. The van der Waals surface area contributed by atoms with Gasteiger partial charge in [0.2, 0.25) is 10.0 Å². The number of amides is 1. The smallest absolute Gasteiger partial charge is 0.415 e. The lowest BCUT2D eigenvalue weighted by molar-refractivity contribution is 0.181. The number of cyclic esters (lactones) is 1. The van der Waals surface area contributed by atoms with Gasteiger partial charge in [0.05, 0.1) is 12.8 Å². The van der Waals surface area contributed by atoms with E-state index in [1.54, 1.807) is 18.3 Å². The van der Waals surface area contributed by atoms with Crippen molar-refractivity contribution in [1.29, 1.82) is 0 Å². The van der Waals surface area contributed by atoms with Crippen LogP contribution in [0.1, 0.15) is 24.4 Å². The first-order valence-electron chi connectivity index (χ1n) is 6.84. The lowest BCUT2D eigenvalue weighted by Gasteiger charge is -2.23. The fourth-order valence-electron chi connectivity index (χ4n) is 2.86. The molecule has 2 aliphatic heterocycles. The normalized spacial score (nSPS) is 23.6. The molecule has 21 heavy (non-hydrogen) atoms. The van der Waals surface area contributed by atoms with E-state index in [-0.39, 0.29) is 6.04 Å². The van der Waals surface area contributed by atoms with Crippen LogP contribution in [0.4, 0.5) is 10.6 Å². The molecule has 114 valence electrons. The Kier molecular flexibility index (Phi) is 3.58. The van der Waals surface area contributed by atoms with E-state index in [2.05, 4.69) is 4.98 Å². The molecule has 2 aliphatic rings. The summed E-state index contributed by atoms with van der Waals surface area (Å²) in [6.45, 7) is 1.35. The molecule has 8 heteroatoms. The second-order valence-corrected chi connectivity index (χ2v) is 7.18. The summed E-state index contributed by atoms with van der Waals surface area (Å²) in [6.07, 6.45) is 4.04. The first-order chi connectivity index (χ1) is 9.97. The predicted octanol–water partition coefficient (Wildman–Crippen LogP) is 1.13.